The van der Waals surface area contributed by atoms with Crippen LogP contribution in [0.25, 0.3) is 16.7 Å². The quantitative estimate of drug-likeness (QED) is 0.346. The van der Waals surface area contributed by atoms with Gasteiger partial charge in [0.05, 0.1) is 5.69 Å². The van der Waals surface area contributed by atoms with E-state index in [1.165, 1.54) is 29.5 Å². The zero-order valence-electron chi connectivity index (χ0n) is 22.0. The first-order valence-electron chi connectivity index (χ1n) is 13.4. The first-order valence-corrected chi connectivity index (χ1v) is 13.4. The number of hydrogen-bond donors (Lipinski definition) is 1. The van der Waals surface area contributed by atoms with Crippen molar-refractivity contribution in [1.82, 2.24) is 4.98 Å². The van der Waals surface area contributed by atoms with Crippen LogP contribution < -0.4 is 0 Å². The Labute approximate surface area is 219 Å². The van der Waals surface area contributed by atoms with Crippen LogP contribution in [0.3, 0.4) is 0 Å². The summed E-state index contributed by atoms with van der Waals surface area (Å²) in [5, 5.41) is 9.15. The summed E-state index contributed by atoms with van der Waals surface area (Å²) in [5.41, 5.74) is 9.59. The second-order valence-electron chi connectivity index (χ2n) is 10.9. The normalized spacial score (nSPS) is 16.5. The number of fused-ring (bicyclic) bond motifs is 2. The number of carbonyl (C=O) groups is 2. The standard InChI is InChI=1S/C33H35NO3/c1-21-6-7-24(23(3)36)19-29(21)27-9-11-31(34-20-27)25-12-13-33(14-15-33)30-10-8-26(18-28(30)17-25)32(37)22(2)5-4-16-35/h6-12,18-20,22,35H,4-5,13-17H2,1-3H3/t22-/m1/s1. The lowest BCUT2D eigenvalue weighted by atomic mass is 9.86. The van der Waals surface area contributed by atoms with Crippen LogP contribution in [-0.2, 0) is 11.8 Å². The van der Waals surface area contributed by atoms with Gasteiger partial charge < -0.3 is 5.11 Å². The summed E-state index contributed by atoms with van der Waals surface area (Å²) in [6.45, 7) is 5.72. The molecular weight excluding hydrogens is 458 g/mol. The zero-order chi connectivity index (χ0) is 26.2. The number of hydrogen-bond acceptors (Lipinski definition) is 4. The third-order valence-electron chi connectivity index (χ3n) is 8.23. The molecule has 4 nitrogen and oxygen atoms in total. The molecule has 0 radical (unpaired) electrons. The van der Waals surface area contributed by atoms with Crippen LogP contribution in [0.2, 0.25) is 0 Å². The maximum absolute atomic E-state index is 13.1. The van der Waals surface area contributed by atoms with Gasteiger partial charge in [-0.25, -0.2) is 0 Å². The number of aryl methyl sites for hydroxylation is 1. The Morgan fingerprint density at radius 2 is 1.84 bits per heavy atom. The van der Waals surface area contributed by atoms with Crippen LogP contribution in [-0.4, -0.2) is 28.3 Å². The number of carbonyl (C=O) groups excluding carboxylic acids is 2. The molecule has 37 heavy (non-hydrogen) atoms. The van der Waals surface area contributed by atoms with Crippen molar-refractivity contribution in [3.8, 4) is 11.1 Å². The number of aliphatic hydroxyl groups is 1. The minimum Gasteiger partial charge on any atom is -0.396 e. The lowest BCUT2D eigenvalue weighted by Gasteiger charge is -2.18. The number of aliphatic hydroxyl groups excluding tert-OH is 1. The van der Waals surface area contributed by atoms with E-state index in [0.717, 1.165) is 40.8 Å². The van der Waals surface area contributed by atoms with Gasteiger partial charge in [0.2, 0.25) is 0 Å². The molecule has 1 spiro atoms. The number of ketones is 2. The van der Waals surface area contributed by atoms with Gasteiger partial charge >= 0.3 is 0 Å². The van der Waals surface area contributed by atoms with Gasteiger partial charge in [0, 0.05) is 35.4 Å². The van der Waals surface area contributed by atoms with Gasteiger partial charge in [-0.3, -0.25) is 14.6 Å². The van der Waals surface area contributed by atoms with Crippen LogP contribution >= 0.6 is 0 Å². The van der Waals surface area contributed by atoms with Crippen LogP contribution in [0.1, 0.15) is 89.1 Å². The van der Waals surface area contributed by atoms with Crippen LogP contribution in [0, 0.1) is 12.8 Å². The minimum atomic E-state index is -0.0972. The first kappa shape index (κ1) is 25.3. The SMILES string of the molecule is CC(=O)c1ccc(C)c(-c2ccc(C3=CCC4(CC4)c4ccc(C(=O)[C@H](C)CCCO)cc4C3)nc2)c1. The predicted molar refractivity (Wildman–Crippen MR) is 148 cm³/mol. The van der Waals surface area contributed by atoms with Gasteiger partial charge in [0.25, 0.3) is 0 Å². The van der Waals surface area contributed by atoms with Crippen molar-refractivity contribution < 1.29 is 14.7 Å². The van der Waals surface area contributed by atoms with E-state index in [1.807, 2.05) is 37.4 Å². The number of nitrogens with zero attached hydrogens (tertiary/aromatic N) is 1. The second-order valence-corrected chi connectivity index (χ2v) is 10.9. The lowest BCUT2D eigenvalue weighted by molar-refractivity contribution is 0.0918. The molecule has 1 N–H and O–H groups in total. The Morgan fingerprint density at radius 1 is 1.05 bits per heavy atom. The number of pyridine rings is 1. The van der Waals surface area contributed by atoms with Crippen LogP contribution in [0.4, 0.5) is 0 Å². The minimum absolute atomic E-state index is 0.0581. The Morgan fingerprint density at radius 3 is 2.51 bits per heavy atom. The topological polar surface area (TPSA) is 67.3 Å². The third-order valence-corrected chi connectivity index (χ3v) is 8.23. The summed E-state index contributed by atoms with van der Waals surface area (Å²) < 4.78 is 0. The van der Waals surface area contributed by atoms with Crippen molar-refractivity contribution in [3.63, 3.8) is 0 Å². The zero-order valence-corrected chi connectivity index (χ0v) is 22.0. The fourth-order valence-corrected chi connectivity index (χ4v) is 5.64. The molecule has 1 aromatic heterocycles. The molecule has 2 aliphatic carbocycles. The maximum atomic E-state index is 13.1. The predicted octanol–water partition coefficient (Wildman–Crippen LogP) is 6.91. The summed E-state index contributed by atoms with van der Waals surface area (Å²) >= 11 is 0. The molecule has 4 heteroatoms. The Kier molecular flexibility index (Phi) is 6.96. The fraction of sp³-hybridized carbons (Fsp3) is 0.364. The monoisotopic (exact) mass is 493 g/mol. The molecule has 0 saturated heterocycles. The van der Waals surface area contributed by atoms with Crippen molar-refractivity contribution in [1.29, 1.82) is 0 Å². The van der Waals surface area contributed by atoms with Gasteiger partial charge in [-0.1, -0.05) is 43.3 Å². The van der Waals surface area contributed by atoms with Crippen LogP contribution in [0.15, 0.2) is 60.8 Å². The third kappa shape index (κ3) is 5.08. The highest BCUT2D eigenvalue weighted by atomic mass is 16.3. The van der Waals surface area contributed by atoms with Crippen molar-refractivity contribution in [2.24, 2.45) is 5.92 Å². The lowest BCUT2D eigenvalue weighted by Crippen LogP contribution is -2.14. The molecule has 190 valence electrons. The van der Waals surface area contributed by atoms with E-state index in [0.29, 0.717) is 18.4 Å². The average Bonchev–Trinajstić information content (AvgIpc) is 3.72. The molecule has 0 bridgehead atoms. The number of Topliss-reactive ketones (excluding diaryl/α,β-unsaturated/α-hetero) is 2. The summed E-state index contributed by atoms with van der Waals surface area (Å²) in [5.74, 6) is 0.115. The van der Waals surface area contributed by atoms with E-state index < -0.39 is 0 Å². The van der Waals surface area contributed by atoms with Crippen molar-refractivity contribution in [2.45, 2.75) is 64.7 Å². The summed E-state index contributed by atoms with van der Waals surface area (Å²) in [7, 11) is 0. The molecule has 5 rings (SSSR count). The number of rotatable bonds is 8. The number of benzene rings is 2. The molecule has 1 saturated carbocycles. The molecule has 1 heterocycles. The Balaban J connectivity index is 1.44. The highest BCUT2D eigenvalue weighted by molar-refractivity contribution is 5.98. The van der Waals surface area contributed by atoms with E-state index in [4.69, 9.17) is 10.1 Å². The highest BCUT2D eigenvalue weighted by Crippen LogP contribution is 2.54. The smallest absolute Gasteiger partial charge is 0.165 e. The van der Waals surface area contributed by atoms with Gasteiger partial charge in [-0.05, 0) is 104 Å². The molecule has 0 unspecified atom stereocenters. The molecule has 2 aliphatic rings. The largest absolute Gasteiger partial charge is 0.396 e. The summed E-state index contributed by atoms with van der Waals surface area (Å²) in [4.78, 5) is 29.8. The molecule has 2 aromatic carbocycles. The van der Waals surface area contributed by atoms with E-state index in [2.05, 4.69) is 37.3 Å². The van der Waals surface area contributed by atoms with Crippen molar-refractivity contribution >= 4 is 17.1 Å². The maximum Gasteiger partial charge on any atom is 0.165 e. The fourth-order valence-electron chi connectivity index (χ4n) is 5.64. The summed E-state index contributed by atoms with van der Waals surface area (Å²) in [6, 6.07) is 16.3. The Bertz CT molecular complexity index is 1380. The van der Waals surface area contributed by atoms with Gasteiger partial charge in [-0.2, -0.15) is 0 Å². The van der Waals surface area contributed by atoms with Crippen molar-refractivity contribution in [2.75, 3.05) is 6.61 Å². The number of aromatic nitrogens is 1. The molecule has 0 aliphatic heterocycles. The molecular formula is C33H35NO3. The van der Waals surface area contributed by atoms with E-state index in [-0.39, 0.29) is 29.5 Å². The molecule has 1 atom stereocenters. The second kappa shape index (κ2) is 10.2. The molecule has 1 fully saturated rings. The van der Waals surface area contributed by atoms with Crippen molar-refractivity contribution in [3.05, 3.63) is 94.3 Å². The van der Waals surface area contributed by atoms with E-state index >= 15 is 0 Å². The van der Waals surface area contributed by atoms with E-state index in [9.17, 15) is 9.59 Å². The first-order chi connectivity index (χ1) is 17.8. The van der Waals surface area contributed by atoms with Gasteiger partial charge in [-0.15, -0.1) is 0 Å². The van der Waals surface area contributed by atoms with E-state index in [1.54, 1.807) is 6.92 Å². The number of allylic oxidation sites excluding steroid dienone is 2. The van der Waals surface area contributed by atoms with Crippen LogP contribution in [0.5, 0.6) is 0 Å². The molecule has 0 amide bonds. The Hall–Kier alpha value is -3.37. The summed E-state index contributed by atoms with van der Waals surface area (Å²) in [6.07, 6.45) is 9.73. The van der Waals surface area contributed by atoms with Gasteiger partial charge in [0.15, 0.2) is 11.6 Å². The highest BCUT2D eigenvalue weighted by Gasteiger charge is 2.45. The van der Waals surface area contributed by atoms with Gasteiger partial charge in [0.1, 0.15) is 0 Å². The average molecular weight is 494 g/mol. The molecule has 3 aromatic rings.